The average Bonchev–Trinajstić information content (AvgIpc) is 2.73. The van der Waals surface area contributed by atoms with E-state index in [4.69, 9.17) is 4.52 Å². The molecule has 0 radical (unpaired) electrons. The Morgan fingerprint density at radius 2 is 2.00 bits per heavy atom. The van der Waals surface area contributed by atoms with Gasteiger partial charge in [-0.25, -0.2) is 0 Å². The summed E-state index contributed by atoms with van der Waals surface area (Å²) in [6, 6.07) is 9.40. The normalized spacial score (nSPS) is 10.9. The maximum atomic E-state index is 11.9. The predicted molar refractivity (Wildman–Crippen MR) is 62.6 cm³/mol. The van der Waals surface area contributed by atoms with Gasteiger partial charge in [0.2, 0.25) is 0 Å². The molecule has 0 atom stereocenters. The molecule has 0 aliphatic heterocycles. The van der Waals surface area contributed by atoms with Crippen LogP contribution in [0.3, 0.4) is 0 Å². The molecule has 0 spiro atoms. The predicted octanol–water partition coefficient (Wildman–Crippen LogP) is 1.89. The fourth-order valence-electron chi connectivity index (χ4n) is 1.73. The Hall–Kier alpha value is -2.43. The second-order valence-corrected chi connectivity index (χ2v) is 3.73. The molecule has 0 saturated carbocycles. The zero-order valence-corrected chi connectivity index (χ0v) is 9.10. The van der Waals surface area contributed by atoms with Gasteiger partial charge in [-0.05, 0) is 6.92 Å². The summed E-state index contributed by atoms with van der Waals surface area (Å²) in [5, 5.41) is 4.14. The van der Waals surface area contributed by atoms with Crippen LogP contribution in [0.2, 0.25) is 0 Å². The van der Waals surface area contributed by atoms with Crippen molar-refractivity contribution in [2.75, 3.05) is 0 Å². The van der Waals surface area contributed by atoms with Crippen molar-refractivity contribution in [3.8, 4) is 11.4 Å². The van der Waals surface area contributed by atoms with Crippen LogP contribution < -0.4 is 5.56 Å². The highest BCUT2D eigenvalue weighted by atomic mass is 16.5. The first kappa shape index (κ1) is 9.77. The Kier molecular flexibility index (Phi) is 2.04. The summed E-state index contributed by atoms with van der Waals surface area (Å²) in [5.74, 6) is 0.485. The number of nitrogens with zero attached hydrogens (tertiary/aromatic N) is 2. The molecule has 0 unspecified atom stereocenters. The number of rotatable bonds is 1. The quantitative estimate of drug-likeness (QED) is 0.689. The molecule has 17 heavy (non-hydrogen) atoms. The molecule has 3 aromatic rings. The zero-order chi connectivity index (χ0) is 11.8. The molecule has 0 amide bonds. The summed E-state index contributed by atoms with van der Waals surface area (Å²) in [6.07, 6.45) is 0. The minimum absolute atomic E-state index is 0.229. The van der Waals surface area contributed by atoms with Crippen molar-refractivity contribution < 1.29 is 4.52 Å². The number of aryl methyl sites for hydroxylation is 1. The van der Waals surface area contributed by atoms with Crippen LogP contribution in [0, 0.1) is 6.92 Å². The van der Waals surface area contributed by atoms with Gasteiger partial charge in [0.05, 0.1) is 5.69 Å². The smallest absolute Gasteiger partial charge is 0.265 e. The molecule has 0 bridgehead atoms. The van der Waals surface area contributed by atoms with Gasteiger partial charge in [0.25, 0.3) is 11.3 Å². The molecule has 1 N–H and O–H groups in total. The van der Waals surface area contributed by atoms with E-state index in [0.717, 1.165) is 5.56 Å². The van der Waals surface area contributed by atoms with Crippen LogP contribution in [0.25, 0.3) is 22.5 Å². The van der Waals surface area contributed by atoms with Crippen molar-refractivity contribution in [3.63, 3.8) is 0 Å². The summed E-state index contributed by atoms with van der Waals surface area (Å²) in [6.45, 7) is 1.71. The zero-order valence-electron chi connectivity index (χ0n) is 9.10. The average molecular weight is 227 g/mol. The van der Waals surface area contributed by atoms with Gasteiger partial charge in [-0.15, -0.1) is 0 Å². The number of fused-ring (bicyclic) bond motifs is 1. The van der Waals surface area contributed by atoms with Crippen molar-refractivity contribution in [1.82, 2.24) is 15.1 Å². The van der Waals surface area contributed by atoms with E-state index in [1.165, 1.54) is 0 Å². The minimum Gasteiger partial charge on any atom is -0.335 e. The second kappa shape index (κ2) is 3.55. The van der Waals surface area contributed by atoms with E-state index in [1.54, 1.807) is 6.92 Å². The van der Waals surface area contributed by atoms with Gasteiger partial charge >= 0.3 is 0 Å². The summed E-state index contributed by atoms with van der Waals surface area (Å²) >= 11 is 0. The summed E-state index contributed by atoms with van der Waals surface area (Å²) in [7, 11) is 0. The number of aromatic nitrogens is 3. The standard InChI is InChI=1S/C12H9N3O2/c1-7-9-11(16)13-10(14-12(9)17-15-7)8-5-3-2-4-6-8/h2-6H,1H3,(H,13,14,16). The van der Waals surface area contributed by atoms with Crippen molar-refractivity contribution in [3.05, 3.63) is 46.4 Å². The number of benzene rings is 1. The van der Waals surface area contributed by atoms with Crippen LogP contribution in [0.5, 0.6) is 0 Å². The molecule has 0 saturated heterocycles. The van der Waals surface area contributed by atoms with Crippen molar-refractivity contribution in [1.29, 1.82) is 0 Å². The van der Waals surface area contributed by atoms with Crippen LogP contribution in [0.4, 0.5) is 0 Å². The fourth-order valence-corrected chi connectivity index (χ4v) is 1.73. The van der Waals surface area contributed by atoms with E-state index >= 15 is 0 Å². The highest BCUT2D eigenvalue weighted by molar-refractivity contribution is 5.76. The van der Waals surface area contributed by atoms with Gasteiger partial charge in [0.1, 0.15) is 11.2 Å². The van der Waals surface area contributed by atoms with E-state index in [9.17, 15) is 4.79 Å². The van der Waals surface area contributed by atoms with E-state index < -0.39 is 0 Å². The second-order valence-electron chi connectivity index (χ2n) is 3.73. The van der Waals surface area contributed by atoms with Gasteiger partial charge < -0.3 is 9.51 Å². The van der Waals surface area contributed by atoms with Gasteiger partial charge in [0.15, 0.2) is 0 Å². The van der Waals surface area contributed by atoms with Crippen LogP contribution in [-0.2, 0) is 0 Å². The molecule has 2 aromatic heterocycles. The minimum atomic E-state index is -0.229. The lowest BCUT2D eigenvalue weighted by atomic mass is 10.2. The largest absolute Gasteiger partial charge is 0.335 e. The maximum Gasteiger partial charge on any atom is 0.265 e. The molecular weight excluding hydrogens is 218 g/mol. The third kappa shape index (κ3) is 1.52. The Balaban J connectivity index is 2.30. The maximum absolute atomic E-state index is 11.9. The molecule has 84 valence electrons. The first-order chi connectivity index (χ1) is 8.25. The van der Waals surface area contributed by atoms with Crippen LogP contribution in [0.1, 0.15) is 5.69 Å². The molecule has 3 rings (SSSR count). The van der Waals surface area contributed by atoms with Crippen LogP contribution >= 0.6 is 0 Å². The van der Waals surface area contributed by atoms with Crippen LogP contribution in [0.15, 0.2) is 39.6 Å². The lowest BCUT2D eigenvalue weighted by Crippen LogP contribution is -2.09. The number of aromatic amines is 1. The monoisotopic (exact) mass is 227 g/mol. The van der Waals surface area contributed by atoms with E-state index in [-0.39, 0.29) is 11.3 Å². The lowest BCUT2D eigenvalue weighted by molar-refractivity contribution is 0.443. The summed E-state index contributed by atoms with van der Waals surface area (Å²) < 4.78 is 5.01. The Labute approximate surface area is 96.1 Å². The SMILES string of the molecule is Cc1noc2nc(-c3ccccc3)[nH]c(=O)c12. The Bertz CT molecular complexity index is 728. The van der Waals surface area contributed by atoms with Gasteiger partial charge in [-0.2, -0.15) is 4.98 Å². The molecule has 0 aliphatic carbocycles. The van der Waals surface area contributed by atoms with E-state index in [1.807, 2.05) is 30.3 Å². The third-order valence-corrected chi connectivity index (χ3v) is 2.56. The van der Waals surface area contributed by atoms with Crippen molar-refractivity contribution >= 4 is 11.1 Å². The van der Waals surface area contributed by atoms with E-state index in [0.29, 0.717) is 16.9 Å². The molecule has 1 aromatic carbocycles. The van der Waals surface area contributed by atoms with E-state index in [2.05, 4.69) is 15.1 Å². The number of nitrogens with one attached hydrogen (secondary N) is 1. The van der Waals surface area contributed by atoms with Gasteiger partial charge in [0, 0.05) is 5.56 Å². The van der Waals surface area contributed by atoms with Crippen molar-refractivity contribution in [2.45, 2.75) is 6.92 Å². The lowest BCUT2D eigenvalue weighted by Gasteiger charge is -1.98. The van der Waals surface area contributed by atoms with Crippen LogP contribution in [-0.4, -0.2) is 15.1 Å². The summed E-state index contributed by atoms with van der Waals surface area (Å²) in [4.78, 5) is 18.8. The molecule has 5 heteroatoms. The van der Waals surface area contributed by atoms with Gasteiger partial charge in [-0.1, -0.05) is 35.5 Å². The number of hydrogen-bond acceptors (Lipinski definition) is 4. The molecular formula is C12H9N3O2. The van der Waals surface area contributed by atoms with Gasteiger partial charge in [-0.3, -0.25) is 4.79 Å². The highest BCUT2D eigenvalue weighted by Crippen LogP contribution is 2.16. The fraction of sp³-hybridized carbons (Fsp3) is 0.0833. The molecule has 0 aliphatic rings. The Morgan fingerprint density at radius 1 is 1.24 bits per heavy atom. The molecule has 2 heterocycles. The number of hydrogen-bond donors (Lipinski definition) is 1. The summed E-state index contributed by atoms with van der Waals surface area (Å²) in [5.41, 5.74) is 1.42. The third-order valence-electron chi connectivity index (χ3n) is 2.56. The highest BCUT2D eigenvalue weighted by Gasteiger charge is 2.12. The Morgan fingerprint density at radius 3 is 2.76 bits per heavy atom. The molecule has 0 fully saturated rings. The first-order valence-electron chi connectivity index (χ1n) is 5.17. The van der Waals surface area contributed by atoms with Crippen molar-refractivity contribution in [2.24, 2.45) is 0 Å². The topological polar surface area (TPSA) is 71.8 Å². The number of H-pyrrole nitrogens is 1. The molecule has 5 nitrogen and oxygen atoms in total. The first-order valence-corrected chi connectivity index (χ1v) is 5.17.